The number of carbonyl (C=O) groups excluding carboxylic acids is 1. The third kappa shape index (κ3) is 9.41. The highest BCUT2D eigenvalue weighted by molar-refractivity contribution is 14.0. The van der Waals surface area contributed by atoms with Crippen molar-refractivity contribution in [3.63, 3.8) is 0 Å². The van der Waals surface area contributed by atoms with E-state index in [4.69, 9.17) is 4.99 Å². The minimum absolute atomic E-state index is 0. The molecule has 0 aliphatic rings. The van der Waals surface area contributed by atoms with Gasteiger partial charge in [0.05, 0.1) is 6.54 Å². The van der Waals surface area contributed by atoms with E-state index in [2.05, 4.69) is 48.5 Å². The molecule has 3 N–H and O–H groups in total. The van der Waals surface area contributed by atoms with Gasteiger partial charge in [-0.3, -0.25) is 14.7 Å². The third-order valence-electron chi connectivity index (χ3n) is 4.42. The SMILES string of the molecule is CCNC(=NCC(C)N(CC)CC)NCCc1cccc(C(=O)NC)c1.I. The van der Waals surface area contributed by atoms with Crippen LogP contribution in [0.4, 0.5) is 0 Å². The number of carbonyl (C=O) groups is 1. The second-order valence-corrected chi connectivity index (χ2v) is 6.25. The maximum absolute atomic E-state index is 11.7. The van der Waals surface area contributed by atoms with Gasteiger partial charge in [0.1, 0.15) is 0 Å². The molecule has 0 aromatic heterocycles. The van der Waals surface area contributed by atoms with Crippen LogP contribution in [0.25, 0.3) is 0 Å². The Morgan fingerprint density at radius 1 is 1.19 bits per heavy atom. The molecule has 6 nitrogen and oxygen atoms in total. The summed E-state index contributed by atoms with van der Waals surface area (Å²) in [7, 11) is 1.65. The molecular weight excluding hydrogens is 453 g/mol. The lowest BCUT2D eigenvalue weighted by molar-refractivity contribution is 0.0963. The standard InChI is InChI=1S/C20H35N5O.HI/c1-6-22-20(24-15-16(4)25(7-2)8-3)23-13-12-17-10-9-11-18(14-17)19(26)21-5;/h9-11,14,16H,6-8,12-13,15H2,1-5H3,(H,21,26)(H2,22,23,24);1H. The molecule has 1 rings (SSSR count). The van der Waals surface area contributed by atoms with Crippen molar-refractivity contribution in [1.29, 1.82) is 0 Å². The lowest BCUT2D eigenvalue weighted by atomic mass is 10.1. The zero-order valence-electron chi connectivity index (χ0n) is 17.3. The lowest BCUT2D eigenvalue weighted by Gasteiger charge is -2.25. The van der Waals surface area contributed by atoms with Crippen molar-refractivity contribution in [2.75, 3.05) is 39.8 Å². The molecule has 0 heterocycles. The van der Waals surface area contributed by atoms with E-state index < -0.39 is 0 Å². The molecule has 0 saturated carbocycles. The zero-order chi connectivity index (χ0) is 19.4. The number of rotatable bonds is 10. The minimum Gasteiger partial charge on any atom is -0.357 e. The van der Waals surface area contributed by atoms with Crippen LogP contribution in [-0.2, 0) is 6.42 Å². The van der Waals surface area contributed by atoms with Crippen molar-refractivity contribution in [2.45, 2.75) is 40.2 Å². The Morgan fingerprint density at radius 3 is 2.48 bits per heavy atom. The number of amides is 1. The number of nitrogens with one attached hydrogen (secondary N) is 3. The largest absolute Gasteiger partial charge is 0.357 e. The number of aliphatic imine (C=N–C) groups is 1. The van der Waals surface area contributed by atoms with E-state index in [1.165, 1.54) is 0 Å². The number of benzene rings is 1. The maximum atomic E-state index is 11.7. The highest BCUT2D eigenvalue weighted by atomic mass is 127. The van der Waals surface area contributed by atoms with Crippen LogP contribution >= 0.6 is 24.0 Å². The number of hydrogen-bond donors (Lipinski definition) is 3. The molecule has 1 aromatic carbocycles. The number of nitrogens with zero attached hydrogens (tertiary/aromatic N) is 2. The van der Waals surface area contributed by atoms with Crippen LogP contribution in [0.1, 0.15) is 43.6 Å². The Bertz CT molecular complexity index is 575. The quantitative estimate of drug-likeness (QED) is 0.269. The second kappa shape index (κ2) is 14.7. The molecule has 1 unspecified atom stereocenters. The van der Waals surface area contributed by atoms with Crippen molar-refractivity contribution in [3.05, 3.63) is 35.4 Å². The Balaban J connectivity index is 0.00000676. The minimum atomic E-state index is -0.0555. The highest BCUT2D eigenvalue weighted by Crippen LogP contribution is 2.05. The van der Waals surface area contributed by atoms with Gasteiger partial charge in [-0.25, -0.2) is 0 Å². The molecule has 7 heteroatoms. The van der Waals surface area contributed by atoms with Gasteiger partial charge < -0.3 is 16.0 Å². The summed E-state index contributed by atoms with van der Waals surface area (Å²) >= 11 is 0. The van der Waals surface area contributed by atoms with Crippen LogP contribution in [0, 0.1) is 0 Å². The summed E-state index contributed by atoms with van der Waals surface area (Å²) < 4.78 is 0. The van der Waals surface area contributed by atoms with Gasteiger partial charge >= 0.3 is 0 Å². The van der Waals surface area contributed by atoms with Crippen LogP contribution in [-0.4, -0.2) is 62.6 Å². The first kappa shape index (κ1) is 25.6. The van der Waals surface area contributed by atoms with Crippen molar-refractivity contribution in [1.82, 2.24) is 20.9 Å². The topological polar surface area (TPSA) is 68.8 Å². The predicted octanol–water partition coefficient (Wildman–Crippen LogP) is 2.49. The Labute approximate surface area is 181 Å². The Hall–Kier alpha value is -1.35. The Kier molecular flexibility index (Phi) is 13.9. The van der Waals surface area contributed by atoms with Gasteiger partial charge in [-0.1, -0.05) is 26.0 Å². The lowest BCUT2D eigenvalue weighted by Crippen LogP contribution is -2.40. The summed E-state index contributed by atoms with van der Waals surface area (Å²) in [5.74, 6) is 0.786. The van der Waals surface area contributed by atoms with Gasteiger partial charge in [-0.05, 0) is 51.1 Å². The number of guanidine groups is 1. The summed E-state index contributed by atoms with van der Waals surface area (Å²) in [6.07, 6.45) is 0.834. The maximum Gasteiger partial charge on any atom is 0.251 e. The summed E-state index contributed by atoms with van der Waals surface area (Å²) in [5, 5.41) is 9.33. The van der Waals surface area contributed by atoms with E-state index in [-0.39, 0.29) is 29.9 Å². The molecule has 1 amide bonds. The molecule has 27 heavy (non-hydrogen) atoms. The summed E-state index contributed by atoms with van der Waals surface area (Å²) in [4.78, 5) is 18.8. The summed E-state index contributed by atoms with van der Waals surface area (Å²) in [5.41, 5.74) is 1.82. The van der Waals surface area contributed by atoms with E-state index in [0.29, 0.717) is 11.6 Å². The molecule has 0 aliphatic heterocycles. The molecule has 0 saturated heterocycles. The average molecular weight is 489 g/mol. The normalized spacial score (nSPS) is 12.3. The molecule has 0 aliphatic carbocycles. The van der Waals surface area contributed by atoms with Gasteiger partial charge in [-0.15, -0.1) is 24.0 Å². The third-order valence-corrected chi connectivity index (χ3v) is 4.42. The van der Waals surface area contributed by atoms with Gasteiger partial charge in [0, 0.05) is 31.7 Å². The van der Waals surface area contributed by atoms with Crippen LogP contribution in [0.15, 0.2) is 29.3 Å². The van der Waals surface area contributed by atoms with Gasteiger partial charge in [0.2, 0.25) is 0 Å². The molecular formula is C20H36IN5O. The molecule has 1 aromatic rings. The molecule has 0 bridgehead atoms. The number of halogens is 1. The first-order valence-corrected chi connectivity index (χ1v) is 9.62. The zero-order valence-corrected chi connectivity index (χ0v) is 19.7. The Morgan fingerprint density at radius 2 is 1.89 bits per heavy atom. The van der Waals surface area contributed by atoms with Gasteiger partial charge in [-0.2, -0.15) is 0 Å². The van der Waals surface area contributed by atoms with E-state index in [0.717, 1.165) is 50.7 Å². The number of hydrogen-bond acceptors (Lipinski definition) is 3. The monoisotopic (exact) mass is 489 g/mol. The first-order valence-electron chi connectivity index (χ1n) is 9.62. The van der Waals surface area contributed by atoms with Crippen LogP contribution < -0.4 is 16.0 Å². The van der Waals surface area contributed by atoms with Gasteiger partial charge in [0.25, 0.3) is 5.91 Å². The fourth-order valence-corrected chi connectivity index (χ4v) is 2.87. The highest BCUT2D eigenvalue weighted by Gasteiger charge is 2.09. The van der Waals surface area contributed by atoms with Crippen LogP contribution in [0.5, 0.6) is 0 Å². The molecule has 1 atom stereocenters. The van der Waals surface area contributed by atoms with E-state index in [9.17, 15) is 4.79 Å². The first-order chi connectivity index (χ1) is 12.5. The van der Waals surface area contributed by atoms with Crippen molar-refractivity contribution >= 4 is 35.8 Å². The van der Waals surface area contributed by atoms with Crippen LogP contribution in [0.2, 0.25) is 0 Å². The van der Waals surface area contributed by atoms with Crippen molar-refractivity contribution < 1.29 is 4.79 Å². The number of likely N-dealkylation sites (N-methyl/N-ethyl adjacent to an activating group) is 1. The molecule has 0 fully saturated rings. The van der Waals surface area contributed by atoms with Crippen LogP contribution in [0.3, 0.4) is 0 Å². The smallest absolute Gasteiger partial charge is 0.251 e. The average Bonchev–Trinajstić information content (AvgIpc) is 2.66. The predicted molar refractivity (Wildman–Crippen MR) is 125 cm³/mol. The second-order valence-electron chi connectivity index (χ2n) is 6.25. The van der Waals surface area contributed by atoms with E-state index >= 15 is 0 Å². The fourth-order valence-electron chi connectivity index (χ4n) is 2.87. The fraction of sp³-hybridized carbons (Fsp3) is 0.600. The van der Waals surface area contributed by atoms with E-state index in [1.807, 2.05) is 24.3 Å². The van der Waals surface area contributed by atoms with E-state index in [1.54, 1.807) is 7.05 Å². The van der Waals surface area contributed by atoms with Crippen molar-refractivity contribution in [2.24, 2.45) is 4.99 Å². The summed E-state index contributed by atoms with van der Waals surface area (Å²) in [6, 6.07) is 8.15. The molecule has 0 spiro atoms. The molecule has 0 radical (unpaired) electrons. The van der Waals surface area contributed by atoms with Crippen molar-refractivity contribution in [3.8, 4) is 0 Å². The molecule has 154 valence electrons. The summed E-state index contributed by atoms with van der Waals surface area (Å²) in [6.45, 7) is 13.1. The van der Waals surface area contributed by atoms with Gasteiger partial charge in [0.15, 0.2) is 5.96 Å².